The Hall–Kier alpha value is -1.34. The van der Waals surface area contributed by atoms with Crippen molar-refractivity contribution < 1.29 is 5.11 Å². The van der Waals surface area contributed by atoms with Crippen LogP contribution in [-0.2, 0) is 0 Å². The van der Waals surface area contributed by atoms with E-state index < -0.39 is 11.2 Å². The average Bonchev–Trinajstić information content (AvgIpc) is 2.29. The van der Waals surface area contributed by atoms with Gasteiger partial charge in [-0.05, 0) is 41.1 Å². The molecule has 94 valence electrons. The van der Waals surface area contributed by atoms with Crippen LogP contribution in [0.2, 0.25) is 0 Å². The molecule has 0 spiro atoms. The first-order valence-corrected chi connectivity index (χ1v) is 6.50. The molecule has 0 unspecified atom stereocenters. The van der Waals surface area contributed by atoms with Crippen molar-refractivity contribution in [2.75, 3.05) is 0 Å². The van der Waals surface area contributed by atoms with Crippen LogP contribution in [0.25, 0.3) is 5.69 Å². The molecule has 18 heavy (non-hydrogen) atoms. The summed E-state index contributed by atoms with van der Waals surface area (Å²) >= 11 is 6.60. The Morgan fingerprint density at radius 1 is 1.28 bits per heavy atom. The minimum absolute atomic E-state index is 0.0874. The van der Waals surface area contributed by atoms with Crippen molar-refractivity contribution in [2.45, 2.75) is 6.92 Å². The summed E-state index contributed by atoms with van der Waals surface area (Å²) < 4.78 is 2.47. The zero-order chi connectivity index (χ0) is 13.4. The van der Waals surface area contributed by atoms with Crippen LogP contribution in [0.3, 0.4) is 0 Å². The smallest absolute Gasteiger partial charge is 0.335 e. The molecule has 1 aromatic heterocycles. The van der Waals surface area contributed by atoms with Gasteiger partial charge in [-0.3, -0.25) is 9.78 Å². The number of aromatic hydroxyl groups is 1. The van der Waals surface area contributed by atoms with Crippen LogP contribution >= 0.6 is 31.9 Å². The molecule has 0 atom stereocenters. The van der Waals surface area contributed by atoms with Gasteiger partial charge in [0.25, 0.3) is 5.56 Å². The van der Waals surface area contributed by atoms with Crippen LogP contribution in [0, 0.1) is 6.92 Å². The molecule has 2 aromatic rings. The number of hydrogen-bond donors (Lipinski definition) is 2. The highest BCUT2D eigenvalue weighted by atomic mass is 79.9. The number of H-pyrrole nitrogens is 1. The number of halogens is 2. The summed E-state index contributed by atoms with van der Waals surface area (Å²) in [5.74, 6) is -0.369. The van der Waals surface area contributed by atoms with Gasteiger partial charge in [-0.25, -0.2) is 9.36 Å². The number of hydrogen-bond acceptors (Lipinski definition) is 3. The molecule has 0 fully saturated rings. The minimum Gasteiger partial charge on any atom is -0.494 e. The molecular formula is C11H8Br2N2O3. The van der Waals surface area contributed by atoms with Gasteiger partial charge in [0.1, 0.15) is 0 Å². The number of nitrogens with zero attached hydrogens (tertiary/aromatic N) is 1. The van der Waals surface area contributed by atoms with Crippen LogP contribution in [0.5, 0.6) is 5.88 Å². The van der Waals surface area contributed by atoms with Crippen molar-refractivity contribution in [2.24, 2.45) is 0 Å². The zero-order valence-corrected chi connectivity index (χ0v) is 12.4. The maximum Gasteiger partial charge on any atom is 0.335 e. The maximum atomic E-state index is 11.8. The number of rotatable bonds is 1. The molecular weight excluding hydrogens is 368 g/mol. The van der Waals surface area contributed by atoms with E-state index in [2.05, 4.69) is 36.8 Å². The van der Waals surface area contributed by atoms with Crippen LogP contribution in [-0.4, -0.2) is 14.7 Å². The largest absolute Gasteiger partial charge is 0.494 e. The van der Waals surface area contributed by atoms with Gasteiger partial charge in [-0.15, -0.1) is 0 Å². The van der Waals surface area contributed by atoms with E-state index in [0.717, 1.165) is 9.04 Å². The first-order chi connectivity index (χ1) is 8.41. The Morgan fingerprint density at radius 3 is 2.56 bits per heavy atom. The molecule has 1 aromatic carbocycles. The van der Waals surface area contributed by atoms with E-state index in [1.165, 1.54) is 6.92 Å². The number of nitrogens with one attached hydrogen (secondary N) is 1. The van der Waals surface area contributed by atoms with Crippen molar-refractivity contribution in [1.29, 1.82) is 0 Å². The molecule has 2 N–H and O–H groups in total. The lowest BCUT2D eigenvalue weighted by Crippen LogP contribution is -2.30. The van der Waals surface area contributed by atoms with E-state index in [1.807, 2.05) is 0 Å². The Balaban J connectivity index is 2.84. The Kier molecular flexibility index (Phi) is 3.45. The van der Waals surface area contributed by atoms with Crippen LogP contribution in [0.4, 0.5) is 0 Å². The van der Waals surface area contributed by atoms with Gasteiger partial charge in [-0.1, -0.05) is 15.9 Å². The average molecular weight is 376 g/mol. The quantitative estimate of drug-likeness (QED) is 0.801. The molecule has 0 aliphatic carbocycles. The predicted molar refractivity (Wildman–Crippen MR) is 74.5 cm³/mol. The fourth-order valence-electron chi connectivity index (χ4n) is 1.50. The van der Waals surface area contributed by atoms with Gasteiger partial charge < -0.3 is 5.11 Å². The Morgan fingerprint density at radius 2 is 1.94 bits per heavy atom. The summed E-state index contributed by atoms with van der Waals surface area (Å²) in [6.45, 7) is 1.44. The van der Waals surface area contributed by atoms with Crippen LogP contribution in [0.15, 0.2) is 36.7 Å². The minimum atomic E-state index is -0.689. The van der Waals surface area contributed by atoms with E-state index in [1.54, 1.807) is 18.2 Å². The molecule has 0 radical (unpaired) electrons. The van der Waals surface area contributed by atoms with Crippen molar-refractivity contribution in [3.8, 4) is 11.6 Å². The third kappa shape index (κ3) is 2.15. The van der Waals surface area contributed by atoms with E-state index in [9.17, 15) is 14.7 Å². The molecule has 2 rings (SSSR count). The second kappa shape index (κ2) is 4.74. The highest BCUT2D eigenvalue weighted by Gasteiger charge is 2.14. The normalized spacial score (nSPS) is 10.6. The lowest BCUT2D eigenvalue weighted by molar-refractivity contribution is 0.426. The fourth-order valence-corrected chi connectivity index (χ4v) is 2.72. The first-order valence-electron chi connectivity index (χ1n) is 4.92. The summed E-state index contributed by atoms with van der Waals surface area (Å²) in [5.41, 5.74) is -0.752. The third-order valence-electron chi connectivity index (χ3n) is 2.46. The highest BCUT2D eigenvalue weighted by Crippen LogP contribution is 2.26. The van der Waals surface area contributed by atoms with E-state index in [-0.39, 0.29) is 11.4 Å². The lowest BCUT2D eigenvalue weighted by Gasteiger charge is -2.11. The molecule has 0 saturated heterocycles. The monoisotopic (exact) mass is 374 g/mol. The molecule has 0 aliphatic rings. The molecule has 7 heteroatoms. The molecule has 0 amide bonds. The lowest BCUT2D eigenvalue weighted by atomic mass is 10.3. The summed E-state index contributed by atoms with van der Waals surface area (Å²) in [6.07, 6.45) is 0. The van der Waals surface area contributed by atoms with Crippen molar-refractivity contribution in [1.82, 2.24) is 9.55 Å². The molecule has 0 bridgehead atoms. The van der Waals surface area contributed by atoms with Gasteiger partial charge in [0.2, 0.25) is 5.88 Å². The summed E-state index contributed by atoms with van der Waals surface area (Å²) in [7, 11) is 0. The molecule has 0 saturated carbocycles. The number of aromatic nitrogens is 2. The SMILES string of the molecule is Cc1c(O)n(-c2ccc(Br)cc2Br)c(=O)[nH]c1=O. The van der Waals surface area contributed by atoms with Crippen LogP contribution < -0.4 is 11.2 Å². The van der Waals surface area contributed by atoms with Crippen molar-refractivity contribution >= 4 is 31.9 Å². The van der Waals surface area contributed by atoms with E-state index >= 15 is 0 Å². The summed E-state index contributed by atoms with van der Waals surface area (Å²) in [6, 6.07) is 5.11. The summed E-state index contributed by atoms with van der Waals surface area (Å²) in [4.78, 5) is 25.2. The Bertz CT molecular complexity index is 734. The van der Waals surface area contributed by atoms with Crippen LogP contribution in [0.1, 0.15) is 5.56 Å². The van der Waals surface area contributed by atoms with Gasteiger partial charge >= 0.3 is 5.69 Å². The fraction of sp³-hybridized carbons (Fsp3) is 0.0909. The second-order valence-electron chi connectivity index (χ2n) is 3.64. The first kappa shape index (κ1) is 13.1. The molecule has 0 aliphatic heterocycles. The topological polar surface area (TPSA) is 75.1 Å². The standard InChI is InChI=1S/C11H8Br2N2O3/c1-5-9(16)14-11(18)15(10(5)17)8-3-2-6(12)4-7(8)13/h2-4,17H,1H3,(H,14,16,18). The van der Waals surface area contributed by atoms with Crippen molar-refractivity contribution in [3.05, 3.63) is 53.5 Å². The van der Waals surface area contributed by atoms with Crippen molar-refractivity contribution in [3.63, 3.8) is 0 Å². The van der Waals surface area contributed by atoms with Gasteiger partial charge in [0.05, 0.1) is 11.3 Å². The predicted octanol–water partition coefficient (Wildman–Crippen LogP) is 2.06. The maximum absolute atomic E-state index is 11.8. The zero-order valence-electron chi connectivity index (χ0n) is 9.20. The van der Waals surface area contributed by atoms with Gasteiger partial charge in [0.15, 0.2) is 0 Å². The third-order valence-corrected chi connectivity index (χ3v) is 3.59. The molecule has 5 nitrogen and oxygen atoms in total. The van der Waals surface area contributed by atoms with Gasteiger partial charge in [0, 0.05) is 8.95 Å². The van der Waals surface area contributed by atoms with E-state index in [4.69, 9.17) is 0 Å². The Labute approximate surface area is 118 Å². The molecule has 1 heterocycles. The highest BCUT2D eigenvalue weighted by molar-refractivity contribution is 9.11. The summed E-state index contributed by atoms with van der Waals surface area (Å²) in [5, 5.41) is 9.92. The second-order valence-corrected chi connectivity index (χ2v) is 5.41. The number of aromatic amines is 1. The number of benzene rings is 1. The van der Waals surface area contributed by atoms with Gasteiger partial charge in [-0.2, -0.15) is 0 Å². The van der Waals surface area contributed by atoms with E-state index in [0.29, 0.717) is 10.2 Å².